The lowest BCUT2D eigenvalue weighted by Crippen LogP contribution is -2.36. The number of para-hydroxylation sites is 2. The molecule has 0 spiro atoms. The number of hydrogen-bond donors (Lipinski definition) is 0. The van der Waals surface area contributed by atoms with E-state index in [1.165, 1.54) is 24.3 Å². The molecule has 4 rings (SSSR count). The van der Waals surface area contributed by atoms with Crippen LogP contribution in [-0.4, -0.2) is 19.1 Å². The van der Waals surface area contributed by atoms with Crippen molar-refractivity contribution in [1.29, 1.82) is 0 Å². The molecule has 2 aromatic rings. The van der Waals surface area contributed by atoms with Crippen molar-refractivity contribution in [1.82, 2.24) is 19.1 Å². The van der Waals surface area contributed by atoms with Gasteiger partial charge in [0.25, 0.3) is 5.56 Å². The van der Waals surface area contributed by atoms with Crippen LogP contribution in [0.5, 0.6) is 0 Å². The lowest BCUT2D eigenvalue weighted by molar-refractivity contribution is -0.143. The SMILES string of the molecule is Cn1c(=O)nc2n(-c3cc(C(F)(F)F)cc(C(F)(F)F)c3)c3ccccc3nc-2c1=O. The fourth-order valence-corrected chi connectivity index (χ4v) is 3.12. The molecule has 160 valence electrons. The van der Waals surface area contributed by atoms with Crippen LogP contribution >= 0.6 is 0 Å². The van der Waals surface area contributed by atoms with E-state index in [9.17, 15) is 35.9 Å². The van der Waals surface area contributed by atoms with Crippen molar-refractivity contribution in [2.75, 3.05) is 0 Å². The molecule has 0 bridgehead atoms. The second kappa shape index (κ2) is 6.65. The average molecular weight is 440 g/mol. The van der Waals surface area contributed by atoms with Gasteiger partial charge in [-0.05, 0) is 30.3 Å². The summed E-state index contributed by atoms with van der Waals surface area (Å²) in [6.45, 7) is 0. The zero-order valence-electron chi connectivity index (χ0n) is 15.4. The second-order valence-electron chi connectivity index (χ2n) is 6.63. The molecule has 0 amide bonds. The third kappa shape index (κ3) is 3.43. The maximum absolute atomic E-state index is 13.4. The number of alkyl halides is 6. The number of hydrogen-bond acceptors (Lipinski definition) is 4. The molecule has 0 unspecified atom stereocenters. The van der Waals surface area contributed by atoms with Crippen LogP contribution in [0, 0.1) is 0 Å². The summed E-state index contributed by atoms with van der Waals surface area (Å²) in [5.74, 6) is -0.459. The lowest BCUT2D eigenvalue weighted by Gasteiger charge is -2.20. The fraction of sp³-hybridized carbons (Fsp3) is 0.158. The van der Waals surface area contributed by atoms with E-state index in [4.69, 9.17) is 0 Å². The van der Waals surface area contributed by atoms with Crippen LogP contribution in [0.1, 0.15) is 11.1 Å². The Morgan fingerprint density at radius 2 is 1.42 bits per heavy atom. The van der Waals surface area contributed by atoms with Gasteiger partial charge < -0.3 is 0 Å². The molecule has 0 aromatic heterocycles. The van der Waals surface area contributed by atoms with Crippen molar-refractivity contribution >= 4 is 11.0 Å². The molecule has 2 aliphatic heterocycles. The van der Waals surface area contributed by atoms with Gasteiger partial charge in [0.05, 0.1) is 22.2 Å². The van der Waals surface area contributed by atoms with Crippen molar-refractivity contribution in [3.8, 4) is 17.2 Å². The van der Waals surface area contributed by atoms with E-state index in [0.29, 0.717) is 16.7 Å². The van der Waals surface area contributed by atoms with Gasteiger partial charge in [-0.2, -0.15) is 31.3 Å². The predicted molar refractivity (Wildman–Crippen MR) is 97.0 cm³/mol. The number of fused-ring (bicyclic) bond motifs is 2. The van der Waals surface area contributed by atoms with Gasteiger partial charge in [-0.1, -0.05) is 12.1 Å². The van der Waals surface area contributed by atoms with E-state index < -0.39 is 46.2 Å². The van der Waals surface area contributed by atoms with Gasteiger partial charge in [-0.3, -0.25) is 13.9 Å². The summed E-state index contributed by atoms with van der Waals surface area (Å²) >= 11 is 0. The molecule has 6 nitrogen and oxygen atoms in total. The Balaban J connectivity index is 2.22. The Morgan fingerprint density at radius 1 is 0.839 bits per heavy atom. The molecule has 0 atom stereocenters. The third-order valence-corrected chi connectivity index (χ3v) is 4.60. The van der Waals surface area contributed by atoms with Gasteiger partial charge in [0.2, 0.25) is 0 Å². The molecule has 0 fully saturated rings. The summed E-state index contributed by atoms with van der Waals surface area (Å²) in [5.41, 5.74) is -5.82. The first-order chi connectivity index (χ1) is 14.4. The van der Waals surface area contributed by atoms with Gasteiger partial charge >= 0.3 is 18.0 Å². The molecule has 0 aliphatic carbocycles. The number of benzene rings is 2. The Bertz CT molecular complexity index is 1390. The van der Waals surface area contributed by atoms with Gasteiger partial charge in [0, 0.05) is 12.7 Å². The fourth-order valence-electron chi connectivity index (χ4n) is 3.12. The zero-order chi connectivity index (χ0) is 22.7. The summed E-state index contributed by atoms with van der Waals surface area (Å²) in [7, 11) is 1.13. The van der Waals surface area contributed by atoms with Crippen LogP contribution in [0.2, 0.25) is 0 Å². The van der Waals surface area contributed by atoms with Crippen LogP contribution in [0.3, 0.4) is 0 Å². The summed E-state index contributed by atoms with van der Waals surface area (Å²) in [6, 6.07) is 6.77. The van der Waals surface area contributed by atoms with Crippen molar-refractivity contribution in [2.45, 2.75) is 12.4 Å². The van der Waals surface area contributed by atoms with Crippen molar-refractivity contribution in [3.05, 3.63) is 74.4 Å². The van der Waals surface area contributed by atoms with E-state index in [2.05, 4.69) is 9.97 Å². The standard InChI is InChI=1S/C19H10F6N4O2/c1-28-16(30)14-15(27-17(28)31)29(13-5-3-2-4-12(13)26-14)11-7-9(18(20,21)22)6-10(8-11)19(23,24)25/h2-8H,1H3. The van der Waals surface area contributed by atoms with Crippen LogP contribution in [0.15, 0.2) is 52.1 Å². The van der Waals surface area contributed by atoms with Crippen LogP contribution in [0.25, 0.3) is 28.2 Å². The minimum absolute atomic E-state index is 0.0128. The first-order valence-electron chi connectivity index (χ1n) is 8.56. The van der Waals surface area contributed by atoms with Gasteiger partial charge in [-0.15, -0.1) is 0 Å². The molecular formula is C19H10F6N4O2. The largest absolute Gasteiger partial charge is 0.416 e. The van der Waals surface area contributed by atoms with Crippen molar-refractivity contribution in [2.24, 2.45) is 7.05 Å². The molecule has 2 heterocycles. The number of halogens is 6. The predicted octanol–water partition coefficient (Wildman–Crippen LogP) is 3.62. The van der Waals surface area contributed by atoms with Crippen molar-refractivity contribution in [3.63, 3.8) is 0 Å². The summed E-state index contributed by atoms with van der Waals surface area (Å²) in [6.07, 6.45) is -10.2. The van der Waals surface area contributed by atoms with E-state index in [1.807, 2.05) is 0 Å². The zero-order valence-corrected chi connectivity index (χ0v) is 15.4. The Morgan fingerprint density at radius 3 is 2.00 bits per heavy atom. The Labute approximate surface area is 168 Å². The number of aromatic nitrogens is 4. The molecule has 0 saturated heterocycles. The highest BCUT2D eigenvalue weighted by Gasteiger charge is 2.37. The molecule has 2 aromatic carbocycles. The van der Waals surface area contributed by atoms with Crippen LogP contribution in [0.4, 0.5) is 26.3 Å². The van der Waals surface area contributed by atoms with Gasteiger partial charge in [0.1, 0.15) is 0 Å². The minimum atomic E-state index is -5.08. The summed E-state index contributed by atoms with van der Waals surface area (Å²) < 4.78 is 81.7. The minimum Gasteiger partial charge on any atom is -0.291 e. The average Bonchev–Trinajstić information content (AvgIpc) is 2.69. The smallest absolute Gasteiger partial charge is 0.291 e. The van der Waals surface area contributed by atoms with E-state index in [-0.39, 0.29) is 22.8 Å². The highest BCUT2D eigenvalue weighted by Crippen LogP contribution is 2.38. The quantitative estimate of drug-likeness (QED) is 0.335. The highest BCUT2D eigenvalue weighted by atomic mass is 19.4. The topological polar surface area (TPSA) is 69.8 Å². The van der Waals surface area contributed by atoms with E-state index in [1.54, 1.807) is 0 Å². The maximum atomic E-state index is 13.4. The Kier molecular flexibility index (Phi) is 4.41. The molecule has 12 heteroatoms. The second-order valence-corrected chi connectivity index (χ2v) is 6.63. The van der Waals surface area contributed by atoms with Crippen molar-refractivity contribution < 1.29 is 26.3 Å². The third-order valence-electron chi connectivity index (χ3n) is 4.60. The Hall–Kier alpha value is -3.70. The lowest BCUT2D eigenvalue weighted by atomic mass is 10.1. The van der Waals surface area contributed by atoms with Gasteiger partial charge in [-0.25, -0.2) is 9.78 Å². The monoisotopic (exact) mass is 440 g/mol. The maximum Gasteiger partial charge on any atom is 0.416 e. The van der Waals surface area contributed by atoms with Crippen LogP contribution < -0.4 is 11.2 Å². The molecule has 2 aliphatic rings. The molecule has 0 radical (unpaired) electrons. The first kappa shape index (κ1) is 20.6. The highest BCUT2D eigenvalue weighted by molar-refractivity contribution is 5.81. The summed E-state index contributed by atoms with van der Waals surface area (Å²) in [4.78, 5) is 32.4. The van der Waals surface area contributed by atoms with E-state index >= 15 is 0 Å². The molecule has 0 saturated carbocycles. The summed E-state index contributed by atoms with van der Waals surface area (Å²) in [5, 5.41) is 0. The van der Waals surface area contributed by atoms with Gasteiger partial charge in [0.15, 0.2) is 11.5 Å². The van der Waals surface area contributed by atoms with Crippen LogP contribution in [-0.2, 0) is 19.4 Å². The number of rotatable bonds is 1. The molecule has 0 N–H and O–H groups in total. The first-order valence-corrected chi connectivity index (χ1v) is 8.56. The molecule has 31 heavy (non-hydrogen) atoms. The number of nitrogens with zero attached hydrogens (tertiary/aromatic N) is 4. The van der Waals surface area contributed by atoms with E-state index in [0.717, 1.165) is 11.6 Å². The molecular weight excluding hydrogens is 430 g/mol. The normalized spacial score (nSPS) is 12.6.